The lowest BCUT2D eigenvalue weighted by molar-refractivity contribution is -0.143. The van der Waals surface area contributed by atoms with Gasteiger partial charge in [-0.05, 0) is 32.1 Å². The quantitative estimate of drug-likeness (QED) is 0.0525. The normalized spacial score (nSPS) is 14.4. The molecule has 1 heterocycles. The second-order valence-corrected chi connectivity index (χ2v) is 8.07. The molecule has 0 saturated heterocycles. The SMILES string of the molecule is C/C=C(O)\C=C(/c1nc(N)cc(=O)[nH]1)C(NC(C)/C(C=O)=C\C(F)=C/N)C(F)(F)F.CC.CCCCCCC. The lowest BCUT2D eigenvalue weighted by atomic mass is 10.0. The third-order valence-electron chi connectivity index (χ3n) is 5.00. The molecule has 0 bridgehead atoms. The minimum atomic E-state index is -4.98. The number of carbonyl (C=O) groups excluding carboxylic acids is 1. The second kappa shape index (κ2) is 20.5. The molecule has 222 valence electrons. The Labute approximate surface area is 228 Å². The van der Waals surface area contributed by atoms with Gasteiger partial charge in [0.2, 0.25) is 0 Å². The number of halogens is 4. The number of anilines is 1. The summed E-state index contributed by atoms with van der Waals surface area (Å²) in [6.07, 6.45) is 5.25. The molecule has 8 nitrogen and oxygen atoms in total. The maximum atomic E-state index is 13.9. The van der Waals surface area contributed by atoms with Crippen LogP contribution in [0.15, 0.2) is 52.4 Å². The molecule has 0 aromatic carbocycles. The van der Waals surface area contributed by atoms with Gasteiger partial charge in [0.05, 0.1) is 0 Å². The Morgan fingerprint density at radius 3 is 2.15 bits per heavy atom. The van der Waals surface area contributed by atoms with Gasteiger partial charge in [-0.25, -0.2) is 9.37 Å². The molecule has 39 heavy (non-hydrogen) atoms. The van der Waals surface area contributed by atoms with Gasteiger partial charge >= 0.3 is 6.18 Å². The van der Waals surface area contributed by atoms with Gasteiger partial charge in [-0.15, -0.1) is 0 Å². The summed E-state index contributed by atoms with van der Waals surface area (Å²) in [5, 5.41) is 11.9. The number of hydrogen-bond donors (Lipinski definition) is 5. The number of H-pyrrole nitrogens is 1. The molecule has 0 aliphatic rings. The molecule has 0 saturated carbocycles. The molecule has 12 heteroatoms. The van der Waals surface area contributed by atoms with Crippen LogP contribution in [0.2, 0.25) is 0 Å². The van der Waals surface area contributed by atoms with E-state index in [0.29, 0.717) is 12.3 Å². The van der Waals surface area contributed by atoms with Crippen molar-refractivity contribution >= 4 is 17.7 Å². The number of aliphatic hydroxyl groups is 1. The van der Waals surface area contributed by atoms with Crippen molar-refractivity contribution in [2.24, 2.45) is 5.73 Å². The van der Waals surface area contributed by atoms with E-state index >= 15 is 0 Å². The Balaban J connectivity index is 0. The van der Waals surface area contributed by atoms with Crippen LogP contribution in [0, 0.1) is 0 Å². The zero-order valence-electron chi connectivity index (χ0n) is 23.5. The summed E-state index contributed by atoms with van der Waals surface area (Å²) in [6.45, 7) is 11.0. The molecule has 0 aliphatic heterocycles. The first-order valence-electron chi connectivity index (χ1n) is 12.8. The summed E-state index contributed by atoms with van der Waals surface area (Å²) in [7, 11) is 0. The Bertz CT molecular complexity index is 1030. The van der Waals surface area contributed by atoms with E-state index in [9.17, 15) is 32.3 Å². The molecule has 1 aromatic rings. The van der Waals surface area contributed by atoms with Crippen molar-refractivity contribution in [2.45, 2.75) is 91.9 Å². The average Bonchev–Trinajstić information content (AvgIpc) is 2.89. The number of nitrogens with two attached hydrogens (primary N) is 2. The summed E-state index contributed by atoms with van der Waals surface area (Å²) in [5.41, 5.74) is 8.56. The molecule has 1 aromatic heterocycles. The van der Waals surface area contributed by atoms with E-state index in [1.54, 1.807) is 0 Å². The number of aldehydes is 1. The number of alkyl halides is 3. The Hall–Kier alpha value is -3.41. The number of aliphatic hydroxyl groups excluding tert-OH is 1. The molecule has 1 rings (SSSR count). The van der Waals surface area contributed by atoms with Gasteiger partial charge < -0.3 is 21.6 Å². The zero-order chi connectivity index (χ0) is 30.6. The van der Waals surface area contributed by atoms with E-state index in [1.165, 1.54) is 46.0 Å². The van der Waals surface area contributed by atoms with Crippen LogP contribution in [0.25, 0.3) is 5.57 Å². The van der Waals surface area contributed by atoms with Gasteiger partial charge in [0.25, 0.3) is 5.56 Å². The van der Waals surface area contributed by atoms with Crippen LogP contribution in [0.3, 0.4) is 0 Å². The first-order chi connectivity index (χ1) is 18.3. The fourth-order valence-electron chi connectivity index (χ4n) is 3.00. The summed E-state index contributed by atoms with van der Waals surface area (Å²) < 4.78 is 55.1. The lowest BCUT2D eigenvalue weighted by Crippen LogP contribution is -2.48. The molecular formula is C27H43F4N5O3. The highest BCUT2D eigenvalue weighted by Crippen LogP contribution is 2.31. The molecule has 0 spiro atoms. The van der Waals surface area contributed by atoms with Gasteiger partial charge in [-0.2, -0.15) is 13.2 Å². The summed E-state index contributed by atoms with van der Waals surface area (Å²) in [5.74, 6) is -2.49. The first kappa shape index (κ1) is 37.7. The number of nitrogen functional groups attached to an aromatic ring is 1. The molecule has 0 radical (unpaired) electrons. The van der Waals surface area contributed by atoms with Crippen molar-refractivity contribution in [2.75, 3.05) is 5.73 Å². The van der Waals surface area contributed by atoms with Crippen LogP contribution < -0.4 is 22.3 Å². The third kappa shape index (κ3) is 15.6. The van der Waals surface area contributed by atoms with Crippen molar-refractivity contribution in [1.82, 2.24) is 15.3 Å². The second-order valence-electron chi connectivity index (χ2n) is 8.07. The third-order valence-corrected chi connectivity index (χ3v) is 5.00. The molecular weight excluding hydrogens is 518 g/mol. The monoisotopic (exact) mass is 561 g/mol. The number of hydrogen-bond acceptors (Lipinski definition) is 7. The maximum Gasteiger partial charge on any atom is 0.408 e. The van der Waals surface area contributed by atoms with E-state index in [1.807, 2.05) is 13.8 Å². The van der Waals surface area contributed by atoms with Crippen LogP contribution in [0.1, 0.15) is 79.5 Å². The first-order valence-corrected chi connectivity index (χ1v) is 12.8. The standard InChI is InChI=1S/C18H21F4N5O3.C7H16.C2H6/c1-3-12(29)5-13(17-26-14(24)6-15(30)27-17)16(18(20,21)22)25-9(2)10(8-28)4-11(19)7-23;1-3-5-7-6-4-2;1-2/h3-9,16,25,29H,23H2,1-2H3,(H3,24,26,27,30);3-7H2,1-2H3;1-2H3/b10-4-,11-7+,12-3+,13-5-;;. The van der Waals surface area contributed by atoms with Crippen molar-refractivity contribution < 1.29 is 27.5 Å². The number of allylic oxidation sites excluding steroid dienone is 4. The predicted molar refractivity (Wildman–Crippen MR) is 149 cm³/mol. The van der Waals surface area contributed by atoms with Crippen LogP contribution in [0.5, 0.6) is 0 Å². The Morgan fingerprint density at radius 2 is 1.74 bits per heavy atom. The van der Waals surface area contributed by atoms with Crippen LogP contribution in [-0.2, 0) is 4.79 Å². The Morgan fingerprint density at radius 1 is 1.18 bits per heavy atom. The minimum Gasteiger partial charge on any atom is -0.508 e. The van der Waals surface area contributed by atoms with Crippen molar-refractivity contribution in [3.05, 3.63) is 63.8 Å². The molecule has 0 aliphatic carbocycles. The average molecular weight is 562 g/mol. The van der Waals surface area contributed by atoms with Crippen LogP contribution in [0.4, 0.5) is 23.4 Å². The molecule has 0 fully saturated rings. The summed E-state index contributed by atoms with van der Waals surface area (Å²) in [4.78, 5) is 28.7. The number of nitrogens with zero attached hydrogens (tertiary/aromatic N) is 1. The fourth-order valence-corrected chi connectivity index (χ4v) is 3.00. The highest BCUT2D eigenvalue weighted by molar-refractivity contribution is 5.76. The van der Waals surface area contributed by atoms with E-state index in [4.69, 9.17) is 11.5 Å². The van der Waals surface area contributed by atoms with E-state index in [-0.39, 0.29) is 17.7 Å². The summed E-state index contributed by atoms with van der Waals surface area (Å²) >= 11 is 0. The van der Waals surface area contributed by atoms with Gasteiger partial charge in [-0.3, -0.25) is 14.9 Å². The number of carbonyl (C=O) groups is 1. The molecule has 2 unspecified atom stereocenters. The molecule has 0 amide bonds. The highest BCUT2D eigenvalue weighted by Gasteiger charge is 2.44. The van der Waals surface area contributed by atoms with Crippen molar-refractivity contribution in [3.63, 3.8) is 0 Å². The highest BCUT2D eigenvalue weighted by atomic mass is 19.4. The summed E-state index contributed by atoms with van der Waals surface area (Å²) in [6, 6.07) is -2.98. The predicted octanol–water partition coefficient (Wildman–Crippen LogP) is 6.00. The van der Waals surface area contributed by atoms with Gasteiger partial charge in [0.1, 0.15) is 35.6 Å². The van der Waals surface area contributed by atoms with Gasteiger partial charge in [0.15, 0.2) is 0 Å². The van der Waals surface area contributed by atoms with E-state index in [2.05, 4.69) is 29.1 Å². The lowest BCUT2D eigenvalue weighted by Gasteiger charge is -2.27. The fraction of sp³-hybridized carbons (Fsp3) is 0.519. The smallest absolute Gasteiger partial charge is 0.408 e. The largest absolute Gasteiger partial charge is 0.508 e. The van der Waals surface area contributed by atoms with Crippen LogP contribution >= 0.6 is 0 Å². The number of unbranched alkanes of at least 4 members (excludes halogenated alkanes) is 4. The molecule has 7 N–H and O–H groups in total. The zero-order valence-corrected chi connectivity index (χ0v) is 23.5. The number of aromatic amines is 1. The van der Waals surface area contributed by atoms with Crippen molar-refractivity contribution in [3.8, 4) is 0 Å². The Kier molecular flexibility index (Phi) is 19.9. The number of aromatic nitrogens is 2. The van der Waals surface area contributed by atoms with E-state index < -0.39 is 46.8 Å². The van der Waals surface area contributed by atoms with Crippen LogP contribution in [-0.4, -0.2) is 39.6 Å². The maximum absolute atomic E-state index is 13.9. The number of nitrogens with one attached hydrogen (secondary N) is 2. The van der Waals surface area contributed by atoms with Gasteiger partial charge in [-0.1, -0.05) is 59.8 Å². The van der Waals surface area contributed by atoms with Crippen molar-refractivity contribution in [1.29, 1.82) is 0 Å². The van der Waals surface area contributed by atoms with Gasteiger partial charge in [0, 0.05) is 29.5 Å². The minimum absolute atomic E-state index is 0.168. The van der Waals surface area contributed by atoms with E-state index in [0.717, 1.165) is 18.2 Å². The topological polar surface area (TPSA) is 147 Å². The molecule has 2 atom stereocenters. The number of rotatable bonds is 12.